The lowest BCUT2D eigenvalue weighted by Gasteiger charge is -2.16. The van der Waals surface area contributed by atoms with Crippen LogP contribution in [0, 0.1) is 11.6 Å². The number of amides is 1. The maximum atomic E-state index is 13.4. The lowest BCUT2D eigenvalue weighted by molar-refractivity contribution is 0.0940. The Kier molecular flexibility index (Phi) is 6.38. The molecule has 156 valence electrons. The lowest BCUT2D eigenvalue weighted by Crippen LogP contribution is -2.26. The number of benzene rings is 3. The third-order valence-electron chi connectivity index (χ3n) is 4.29. The molecule has 0 saturated heterocycles. The smallest absolute Gasteiger partial charge is 0.261 e. The number of carbonyl (C=O) groups is 1. The molecule has 0 bridgehead atoms. The second-order valence-electron chi connectivity index (χ2n) is 6.50. The lowest BCUT2D eigenvalue weighted by atomic mass is 10.1. The number of rotatable bonds is 6. The summed E-state index contributed by atoms with van der Waals surface area (Å²) in [5.74, 6) is -1.48. The summed E-state index contributed by atoms with van der Waals surface area (Å²) in [5, 5.41) is 2.80. The van der Waals surface area contributed by atoms with Crippen molar-refractivity contribution in [1.82, 2.24) is 5.32 Å². The van der Waals surface area contributed by atoms with Gasteiger partial charge < -0.3 is 5.32 Å². The van der Waals surface area contributed by atoms with Gasteiger partial charge in [-0.15, -0.1) is 0 Å². The van der Waals surface area contributed by atoms with Gasteiger partial charge in [0.1, 0.15) is 11.6 Å². The zero-order chi connectivity index (χ0) is 21.9. The topological polar surface area (TPSA) is 75.3 Å². The molecule has 2 N–H and O–H groups in total. The summed E-state index contributed by atoms with van der Waals surface area (Å²) in [6.07, 6.45) is 0. The SMILES string of the molecule is CC(NC(=O)c1ccc(Cl)c(NS(=O)(=O)c2ccc(F)cc2)c1)c1cccc(F)c1. The van der Waals surface area contributed by atoms with E-state index in [2.05, 4.69) is 10.0 Å². The minimum absolute atomic E-state index is 0.00736. The summed E-state index contributed by atoms with van der Waals surface area (Å²) in [6.45, 7) is 1.70. The first-order valence-corrected chi connectivity index (χ1v) is 10.7. The van der Waals surface area contributed by atoms with Gasteiger partial charge in [-0.05, 0) is 67.1 Å². The molecule has 0 saturated carbocycles. The van der Waals surface area contributed by atoms with Crippen LogP contribution in [0.25, 0.3) is 0 Å². The first kappa shape index (κ1) is 21.7. The summed E-state index contributed by atoms with van der Waals surface area (Å²) < 4.78 is 53.8. The maximum Gasteiger partial charge on any atom is 0.261 e. The van der Waals surface area contributed by atoms with Gasteiger partial charge >= 0.3 is 0 Å². The predicted octanol–water partition coefficient (Wildman–Crippen LogP) is 4.91. The van der Waals surface area contributed by atoms with Crippen molar-refractivity contribution in [3.8, 4) is 0 Å². The first-order chi connectivity index (χ1) is 14.2. The molecule has 0 radical (unpaired) electrons. The average molecular weight is 451 g/mol. The van der Waals surface area contributed by atoms with Gasteiger partial charge in [-0.25, -0.2) is 17.2 Å². The molecule has 0 aromatic heterocycles. The highest BCUT2D eigenvalue weighted by atomic mass is 35.5. The van der Waals surface area contributed by atoms with Crippen molar-refractivity contribution >= 4 is 33.2 Å². The molecule has 0 aliphatic rings. The van der Waals surface area contributed by atoms with E-state index < -0.39 is 33.6 Å². The van der Waals surface area contributed by atoms with Crippen LogP contribution in [0.5, 0.6) is 0 Å². The zero-order valence-corrected chi connectivity index (χ0v) is 17.3. The minimum Gasteiger partial charge on any atom is -0.346 e. The van der Waals surface area contributed by atoms with Gasteiger partial charge in [0.25, 0.3) is 15.9 Å². The highest BCUT2D eigenvalue weighted by Crippen LogP contribution is 2.26. The molecule has 5 nitrogen and oxygen atoms in total. The minimum atomic E-state index is -4.04. The molecule has 0 aliphatic carbocycles. The van der Waals surface area contributed by atoms with Crippen molar-refractivity contribution < 1.29 is 22.0 Å². The predicted molar refractivity (Wildman–Crippen MR) is 111 cm³/mol. The number of nitrogens with one attached hydrogen (secondary N) is 2. The van der Waals surface area contributed by atoms with Crippen LogP contribution in [0.15, 0.2) is 71.6 Å². The molecule has 0 aliphatic heterocycles. The Morgan fingerprint density at radius 3 is 2.33 bits per heavy atom. The van der Waals surface area contributed by atoms with E-state index in [0.29, 0.717) is 5.56 Å². The van der Waals surface area contributed by atoms with Crippen molar-refractivity contribution in [3.63, 3.8) is 0 Å². The number of hydrogen-bond donors (Lipinski definition) is 2. The summed E-state index contributed by atoms with van der Waals surface area (Å²) in [7, 11) is -4.04. The van der Waals surface area contributed by atoms with Crippen LogP contribution in [-0.2, 0) is 10.0 Å². The van der Waals surface area contributed by atoms with Gasteiger partial charge in [-0.3, -0.25) is 9.52 Å². The number of carbonyl (C=O) groups excluding carboxylic acids is 1. The van der Waals surface area contributed by atoms with E-state index in [0.717, 1.165) is 24.3 Å². The number of hydrogen-bond acceptors (Lipinski definition) is 3. The second-order valence-corrected chi connectivity index (χ2v) is 8.59. The van der Waals surface area contributed by atoms with Gasteiger partial charge in [-0.2, -0.15) is 0 Å². The molecule has 30 heavy (non-hydrogen) atoms. The van der Waals surface area contributed by atoms with E-state index in [4.69, 9.17) is 11.6 Å². The zero-order valence-electron chi connectivity index (χ0n) is 15.7. The molecule has 3 aromatic rings. The number of sulfonamides is 1. The molecular weight excluding hydrogens is 434 g/mol. The van der Waals surface area contributed by atoms with Crippen molar-refractivity contribution in [3.05, 3.63) is 94.5 Å². The maximum absolute atomic E-state index is 13.4. The van der Waals surface area contributed by atoms with Gasteiger partial charge in [0.2, 0.25) is 0 Å². The van der Waals surface area contributed by atoms with E-state index in [-0.39, 0.29) is 21.2 Å². The van der Waals surface area contributed by atoms with E-state index in [9.17, 15) is 22.0 Å². The van der Waals surface area contributed by atoms with Gasteiger partial charge in [0.05, 0.1) is 21.6 Å². The molecular formula is C21H17ClF2N2O3S. The van der Waals surface area contributed by atoms with Crippen molar-refractivity contribution in [2.45, 2.75) is 17.9 Å². The average Bonchev–Trinajstić information content (AvgIpc) is 2.69. The fraction of sp³-hybridized carbons (Fsp3) is 0.0952. The van der Waals surface area contributed by atoms with Crippen molar-refractivity contribution in [2.75, 3.05) is 4.72 Å². The molecule has 0 spiro atoms. The summed E-state index contributed by atoms with van der Waals surface area (Å²) in [4.78, 5) is 12.4. The Morgan fingerprint density at radius 1 is 0.967 bits per heavy atom. The fourth-order valence-electron chi connectivity index (χ4n) is 2.70. The monoisotopic (exact) mass is 450 g/mol. The first-order valence-electron chi connectivity index (χ1n) is 8.80. The highest BCUT2D eigenvalue weighted by Gasteiger charge is 2.18. The number of halogens is 3. The standard InChI is InChI=1S/C21H17ClF2N2O3S/c1-13(14-3-2-4-17(24)11-14)25-21(27)15-5-10-19(22)20(12-15)26-30(28,29)18-8-6-16(23)7-9-18/h2-13,26H,1H3,(H,25,27). The van der Waals surface area contributed by atoms with Crippen LogP contribution < -0.4 is 10.0 Å². The highest BCUT2D eigenvalue weighted by molar-refractivity contribution is 7.92. The Morgan fingerprint density at radius 2 is 1.67 bits per heavy atom. The Balaban J connectivity index is 1.80. The largest absolute Gasteiger partial charge is 0.346 e. The van der Waals surface area contributed by atoms with Gasteiger partial charge in [0.15, 0.2) is 0 Å². The third-order valence-corrected chi connectivity index (χ3v) is 6.00. The second kappa shape index (κ2) is 8.81. The van der Waals surface area contributed by atoms with Crippen molar-refractivity contribution in [1.29, 1.82) is 0 Å². The Labute approximate surface area is 177 Å². The molecule has 1 unspecified atom stereocenters. The molecule has 0 fully saturated rings. The molecule has 9 heteroatoms. The molecule has 1 atom stereocenters. The quantitative estimate of drug-likeness (QED) is 0.560. The molecule has 0 heterocycles. The molecule has 3 aromatic carbocycles. The summed E-state index contributed by atoms with van der Waals surface area (Å²) in [5.41, 5.74) is 0.723. The van der Waals surface area contributed by atoms with Crippen LogP contribution in [0.3, 0.4) is 0 Å². The van der Waals surface area contributed by atoms with E-state index in [1.165, 1.54) is 36.4 Å². The van der Waals surface area contributed by atoms with Gasteiger partial charge in [0, 0.05) is 5.56 Å². The van der Waals surface area contributed by atoms with E-state index in [1.54, 1.807) is 13.0 Å². The van der Waals surface area contributed by atoms with Crippen molar-refractivity contribution in [2.24, 2.45) is 0 Å². The van der Waals surface area contributed by atoms with Crippen LogP contribution in [0.1, 0.15) is 28.9 Å². The van der Waals surface area contributed by atoms with E-state index >= 15 is 0 Å². The summed E-state index contributed by atoms with van der Waals surface area (Å²) in [6, 6.07) is 13.7. The summed E-state index contributed by atoms with van der Waals surface area (Å²) >= 11 is 6.08. The Bertz CT molecular complexity index is 1190. The number of anilines is 1. The van der Waals surface area contributed by atoms with Gasteiger partial charge in [-0.1, -0.05) is 23.7 Å². The third kappa shape index (κ3) is 5.14. The molecule has 1 amide bonds. The van der Waals surface area contributed by atoms with Crippen LogP contribution in [0.2, 0.25) is 5.02 Å². The molecule has 3 rings (SSSR count). The normalized spacial score (nSPS) is 12.3. The van der Waals surface area contributed by atoms with Crippen LogP contribution in [-0.4, -0.2) is 14.3 Å². The Hall–Kier alpha value is -2.97. The van der Waals surface area contributed by atoms with Crippen LogP contribution >= 0.6 is 11.6 Å². The fourth-order valence-corrected chi connectivity index (χ4v) is 3.99. The van der Waals surface area contributed by atoms with E-state index in [1.807, 2.05) is 0 Å². The van der Waals surface area contributed by atoms with Crippen LogP contribution in [0.4, 0.5) is 14.5 Å².